The Hall–Kier alpha value is -1.10. The van der Waals surface area contributed by atoms with Crippen LogP contribution in [0.2, 0.25) is 0 Å². The van der Waals surface area contributed by atoms with E-state index in [9.17, 15) is 4.79 Å². The molecule has 1 fully saturated rings. The topological polar surface area (TPSA) is 44.4 Å². The first kappa shape index (κ1) is 19.9. The number of nitrogens with one attached hydrogen (secondary N) is 2. The zero-order valence-electron chi connectivity index (χ0n) is 14.5. The van der Waals surface area contributed by atoms with E-state index >= 15 is 0 Å². The highest BCUT2D eigenvalue weighted by molar-refractivity contribution is 5.93. The van der Waals surface area contributed by atoms with Gasteiger partial charge in [0, 0.05) is 5.69 Å². The number of amides is 1. The van der Waals surface area contributed by atoms with Gasteiger partial charge in [0.05, 0.1) is 6.54 Å². The van der Waals surface area contributed by atoms with Gasteiger partial charge >= 0.3 is 0 Å². The molecule has 1 aliphatic rings. The van der Waals surface area contributed by atoms with E-state index in [0.717, 1.165) is 36.8 Å². The molecule has 1 heterocycles. The summed E-state index contributed by atoms with van der Waals surface area (Å²) in [6, 6.07) is 6.13. The minimum absolute atomic E-state index is 0. The van der Waals surface area contributed by atoms with Crippen molar-refractivity contribution in [3.8, 4) is 0 Å². The van der Waals surface area contributed by atoms with E-state index in [0.29, 0.717) is 6.54 Å². The van der Waals surface area contributed by atoms with Gasteiger partial charge in [0.25, 0.3) is 0 Å². The first-order chi connectivity index (χ1) is 10.6. The van der Waals surface area contributed by atoms with Gasteiger partial charge in [-0.15, -0.1) is 12.4 Å². The van der Waals surface area contributed by atoms with Crippen molar-refractivity contribution in [2.45, 2.75) is 33.1 Å². The smallest absolute Gasteiger partial charge is 0.238 e. The van der Waals surface area contributed by atoms with Crippen LogP contribution in [0.25, 0.3) is 0 Å². The number of piperidine rings is 1. The summed E-state index contributed by atoms with van der Waals surface area (Å²) in [7, 11) is 2.01. The molecule has 2 N–H and O–H groups in total. The van der Waals surface area contributed by atoms with Gasteiger partial charge in [-0.2, -0.15) is 0 Å². The lowest BCUT2D eigenvalue weighted by atomic mass is 9.93. The Labute approximate surface area is 146 Å². The zero-order valence-corrected chi connectivity index (χ0v) is 15.3. The molecule has 4 nitrogen and oxygen atoms in total. The lowest BCUT2D eigenvalue weighted by Gasteiger charge is -2.31. The van der Waals surface area contributed by atoms with Crippen molar-refractivity contribution in [3.05, 3.63) is 29.3 Å². The molecule has 1 aromatic carbocycles. The largest absolute Gasteiger partial charge is 0.325 e. The van der Waals surface area contributed by atoms with Gasteiger partial charge in [-0.25, -0.2) is 0 Å². The van der Waals surface area contributed by atoms with E-state index in [2.05, 4.69) is 28.5 Å². The van der Waals surface area contributed by atoms with Crippen molar-refractivity contribution in [1.82, 2.24) is 10.2 Å². The Morgan fingerprint density at radius 3 is 2.57 bits per heavy atom. The highest BCUT2D eigenvalue weighted by Crippen LogP contribution is 2.20. The molecule has 0 radical (unpaired) electrons. The van der Waals surface area contributed by atoms with Crippen molar-refractivity contribution in [3.63, 3.8) is 0 Å². The predicted octanol–water partition coefficient (Wildman–Crippen LogP) is 2.99. The number of rotatable bonds is 6. The van der Waals surface area contributed by atoms with Gasteiger partial charge in [0.1, 0.15) is 0 Å². The molecule has 5 heteroatoms. The van der Waals surface area contributed by atoms with E-state index in [4.69, 9.17) is 0 Å². The Balaban J connectivity index is 0.00000264. The van der Waals surface area contributed by atoms with Crippen molar-refractivity contribution < 1.29 is 4.79 Å². The van der Waals surface area contributed by atoms with E-state index < -0.39 is 0 Å². The molecular weight excluding hydrogens is 310 g/mol. The van der Waals surface area contributed by atoms with Gasteiger partial charge in [-0.05, 0) is 77.3 Å². The van der Waals surface area contributed by atoms with Crippen molar-refractivity contribution >= 4 is 24.0 Å². The monoisotopic (exact) mass is 339 g/mol. The highest BCUT2D eigenvalue weighted by Gasteiger charge is 2.20. The number of hydrogen-bond acceptors (Lipinski definition) is 3. The molecule has 0 bridgehead atoms. The molecule has 1 aliphatic heterocycles. The molecule has 2 rings (SSSR count). The molecule has 0 saturated carbocycles. The fourth-order valence-corrected chi connectivity index (χ4v) is 3.13. The minimum Gasteiger partial charge on any atom is -0.325 e. The molecule has 0 aliphatic carbocycles. The third-order valence-corrected chi connectivity index (χ3v) is 4.53. The van der Waals surface area contributed by atoms with Crippen LogP contribution in [0.5, 0.6) is 0 Å². The molecule has 0 spiro atoms. The molecule has 1 amide bonds. The molecule has 0 unspecified atom stereocenters. The third kappa shape index (κ3) is 6.50. The molecule has 23 heavy (non-hydrogen) atoms. The number of hydrogen-bond donors (Lipinski definition) is 2. The summed E-state index contributed by atoms with van der Waals surface area (Å²) in [6.07, 6.45) is 3.66. The first-order valence-corrected chi connectivity index (χ1v) is 8.32. The number of carbonyl (C=O) groups excluding carboxylic acids is 1. The van der Waals surface area contributed by atoms with Gasteiger partial charge in [0.2, 0.25) is 5.91 Å². The summed E-state index contributed by atoms with van der Waals surface area (Å²) in [5.41, 5.74) is 3.28. The lowest BCUT2D eigenvalue weighted by Crippen LogP contribution is -2.39. The van der Waals surface area contributed by atoms with E-state index in [1.54, 1.807) is 0 Å². The maximum atomic E-state index is 12.2. The summed E-state index contributed by atoms with van der Waals surface area (Å²) in [5, 5.41) is 6.26. The predicted molar refractivity (Wildman–Crippen MR) is 99.5 cm³/mol. The Morgan fingerprint density at radius 1 is 1.26 bits per heavy atom. The highest BCUT2D eigenvalue weighted by atomic mass is 35.5. The van der Waals surface area contributed by atoms with Crippen LogP contribution in [-0.2, 0) is 4.79 Å². The lowest BCUT2D eigenvalue weighted by molar-refractivity contribution is -0.117. The van der Waals surface area contributed by atoms with Crippen LogP contribution in [-0.4, -0.2) is 44.0 Å². The van der Waals surface area contributed by atoms with Crippen LogP contribution in [0.1, 0.15) is 30.4 Å². The molecule has 0 aromatic heterocycles. The zero-order chi connectivity index (χ0) is 15.9. The van der Waals surface area contributed by atoms with E-state index in [1.165, 1.54) is 24.8 Å². The van der Waals surface area contributed by atoms with Crippen molar-refractivity contribution in [1.29, 1.82) is 0 Å². The third-order valence-electron chi connectivity index (χ3n) is 4.53. The van der Waals surface area contributed by atoms with E-state index in [-0.39, 0.29) is 18.3 Å². The van der Waals surface area contributed by atoms with Crippen LogP contribution in [0.4, 0.5) is 5.69 Å². The average Bonchev–Trinajstić information content (AvgIpc) is 2.49. The van der Waals surface area contributed by atoms with Crippen LogP contribution >= 0.6 is 12.4 Å². The molecule has 1 saturated heterocycles. The number of nitrogens with zero attached hydrogens (tertiary/aromatic N) is 1. The standard InChI is InChI=1S/C18H29N3O.ClH/c1-14-4-5-17(15(2)12-14)20-18(22)13-21-10-7-16(8-11-21)6-9-19-3;/h4-5,12,16,19H,6-11,13H2,1-3H3,(H,20,22);1H. The quantitative estimate of drug-likeness (QED) is 0.837. The second kappa shape index (κ2) is 9.91. The second-order valence-electron chi connectivity index (χ2n) is 6.48. The summed E-state index contributed by atoms with van der Waals surface area (Å²) in [4.78, 5) is 14.5. The summed E-state index contributed by atoms with van der Waals surface area (Å²) in [6.45, 7) is 7.78. The molecule has 0 atom stereocenters. The van der Waals surface area contributed by atoms with Crippen molar-refractivity contribution in [2.75, 3.05) is 38.5 Å². The van der Waals surface area contributed by atoms with Crippen LogP contribution in [0.3, 0.4) is 0 Å². The second-order valence-corrected chi connectivity index (χ2v) is 6.48. The van der Waals surface area contributed by atoms with Gasteiger partial charge < -0.3 is 10.6 Å². The van der Waals surface area contributed by atoms with Crippen LogP contribution in [0, 0.1) is 19.8 Å². The van der Waals surface area contributed by atoms with Gasteiger partial charge in [0.15, 0.2) is 0 Å². The number of likely N-dealkylation sites (tertiary alicyclic amines) is 1. The number of carbonyl (C=O) groups is 1. The fraction of sp³-hybridized carbons (Fsp3) is 0.611. The SMILES string of the molecule is CNCCC1CCN(CC(=O)Nc2ccc(C)cc2C)CC1.Cl. The number of anilines is 1. The normalized spacial score (nSPS) is 16.0. The summed E-state index contributed by atoms with van der Waals surface area (Å²) >= 11 is 0. The maximum Gasteiger partial charge on any atom is 0.238 e. The average molecular weight is 340 g/mol. The fourth-order valence-electron chi connectivity index (χ4n) is 3.13. The van der Waals surface area contributed by atoms with Gasteiger partial charge in [-0.1, -0.05) is 17.7 Å². The summed E-state index contributed by atoms with van der Waals surface area (Å²) < 4.78 is 0. The van der Waals surface area contributed by atoms with Gasteiger partial charge in [-0.3, -0.25) is 9.69 Å². The molecule has 130 valence electrons. The number of halogens is 1. The molecular formula is C18H30ClN3O. The van der Waals surface area contributed by atoms with E-state index in [1.807, 2.05) is 26.1 Å². The Morgan fingerprint density at radius 2 is 1.96 bits per heavy atom. The number of benzene rings is 1. The Bertz CT molecular complexity index is 499. The Kier molecular flexibility index (Phi) is 8.59. The number of aryl methyl sites for hydroxylation is 2. The summed E-state index contributed by atoms with van der Waals surface area (Å²) in [5.74, 6) is 0.909. The maximum absolute atomic E-state index is 12.2. The molecule has 1 aromatic rings. The van der Waals surface area contributed by atoms with Crippen LogP contribution in [0.15, 0.2) is 18.2 Å². The minimum atomic E-state index is 0. The van der Waals surface area contributed by atoms with Crippen LogP contribution < -0.4 is 10.6 Å². The van der Waals surface area contributed by atoms with Crippen molar-refractivity contribution in [2.24, 2.45) is 5.92 Å². The first-order valence-electron chi connectivity index (χ1n) is 8.32.